The van der Waals surface area contributed by atoms with Gasteiger partial charge in [-0.05, 0) is 37.3 Å². The summed E-state index contributed by atoms with van der Waals surface area (Å²) in [5, 5.41) is 0. The number of carbonyl (C=O) groups excluding carboxylic acids is 2. The van der Waals surface area contributed by atoms with Crippen LogP contribution in [0.2, 0.25) is 0 Å². The summed E-state index contributed by atoms with van der Waals surface area (Å²) in [5.74, 6) is 0.759. The van der Waals surface area contributed by atoms with Crippen LogP contribution in [0.25, 0.3) is 0 Å². The Morgan fingerprint density at radius 1 is 1.24 bits per heavy atom. The van der Waals surface area contributed by atoms with Crippen molar-refractivity contribution < 1.29 is 14.3 Å². The summed E-state index contributed by atoms with van der Waals surface area (Å²) in [7, 11) is 0. The molecule has 3 heterocycles. The predicted molar refractivity (Wildman–Crippen MR) is 95.6 cm³/mol. The number of fused-ring (bicyclic) bond motifs is 1. The lowest BCUT2D eigenvalue weighted by atomic mass is 9.98. The Morgan fingerprint density at radius 2 is 2.12 bits per heavy atom. The van der Waals surface area contributed by atoms with Crippen molar-refractivity contribution >= 4 is 17.5 Å². The number of likely N-dealkylation sites (tertiary alicyclic amines) is 1. The van der Waals surface area contributed by atoms with Gasteiger partial charge in [-0.3, -0.25) is 9.59 Å². The summed E-state index contributed by atoms with van der Waals surface area (Å²) in [6, 6.07) is 8.22. The third-order valence-electron chi connectivity index (χ3n) is 5.72. The first-order valence-corrected chi connectivity index (χ1v) is 9.51. The van der Waals surface area contributed by atoms with Gasteiger partial charge in [0.15, 0.2) is 0 Å². The lowest BCUT2D eigenvalue weighted by Gasteiger charge is -2.21. The van der Waals surface area contributed by atoms with Gasteiger partial charge in [0.2, 0.25) is 11.8 Å². The van der Waals surface area contributed by atoms with E-state index in [0.29, 0.717) is 18.8 Å². The molecule has 1 aromatic carbocycles. The number of rotatable bonds is 5. The minimum absolute atomic E-state index is 0.0842. The summed E-state index contributed by atoms with van der Waals surface area (Å²) in [4.78, 5) is 28.6. The Balaban J connectivity index is 1.43. The van der Waals surface area contributed by atoms with Crippen molar-refractivity contribution in [3.63, 3.8) is 0 Å². The molecule has 0 saturated carbocycles. The Labute approximate surface area is 148 Å². The van der Waals surface area contributed by atoms with E-state index in [9.17, 15) is 9.59 Å². The quantitative estimate of drug-likeness (QED) is 0.827. The molecule has 2 saturated heterocycles. The summed E-state index contributed by atoms with van der Waals surface area (Å²) >= 11 is 0. The molecule has 0 N–H and O–H groups in total. The van der Waals surface area contributed by atoms with Crippen LogP contribution in [0.15, 0.2) is 24.3 Å². The number of carbonyl (C=O) groups is 2. The van der Waals surface area contributed by atoms with Gasteiger partial charge in [0, 0.05) is 44.3 Å². The summed E-state index contributed by atoms with van der Waals surface area (Å²) < 4.78 is 5.63. The molecule has 2 fully saturated rings. The second-order valence-corrected chi connectivity index (χ2v) is 7.37. The second kappa shape index (κ2) is 7.16. The van der Waals surface area contributed by atoms with Crippen molar-refractivity contribution in [2.75, 3.05) is 31.1 Å². The number of benzene rings is 1. The molecule has 2 atom stereocenters. The number of anilines is 1. The van der Waals surface area contributed by atoms with Crippen LogP contribution >= 0.6 is 0 Å². The van der Waals surface area contributed by atoms with Crippen LogP contribution in [0.4, 0.5) is 5.69 Å². The zero-order chi connectivity index (χ0) is 17.2. The van der Waals surface area contributed by atoms with Crippen molar-refractivity contribution in [2.45, 2.75) is 50.5 Å². The van der Waals surface area contributed by atoms with Crippen molar-refractivity contribution in [1.82, 2.24) is 4.90 Å². The average molecular weight is 342 g/mol. The minimum atomic E-state index is 0.0842. The van der Waals surface area contributed by atoms with E-state index in [1.807, 2.05) is 28.0 Å². The van der Waals surface area contributed by atoms with Gasteiger partial charge in [0.25, 0.3) is 0 Å². The molecule has 3 aliphatic rings. The SMILES string of the molecule is O=C1CCCN1CC[C@@H]1CN(C(=O)C[C@H]2CCCO2)c2ccccc21. The standard InChI is InChI=1S/C20H26N2O3/c23-19-8-3-10-21(19)11-9-15-14-22(18-7-2-1-6-17(15)18)20(24)13-16-5-4-12-25-16/h1-2,6-7,15-16H,3-5,8-14H2/t15-,16-/m1/s1. The van der Waals surface area contributed by atoms with Crippen molar-refractivity contribution in [1.29, 1.82) is 0 Å². The molecule has 5 heteroatoms. The second-order valence-electron chi connectivity index (χ2n) is 7.37. The number of hydrogen-bond acceptors (Lipinski definition) is 3. The molecule has 3 aliphatic heterocycles. The maximum atomic E-state index is 12.8. The zero-order valence-corrected chi connectivity index (χ0v) is 14.7. The zero-order valence-electron chi connectivity index (χ0n) is 14.7. The molecule has 0 bridgehead atoms. The number of para-hydroxylation sites is 1. The first-order valence-electron chi connectivity index (χ1n) is 9.51. The summed E-state index contributed by atoms with van der Waals surface area (Å²) in [6.07, 6.45) is 5.20. The van der Waals surface area contributed by atoms with Crippen LogP contribution < -0.4 is 4.90 Å². The smallest absolute Gasteiger partial charge is 0.229 e. The Bertz CT molecular complexity index is 654. The third kappa shape index (κ3) is 3.43. The molecule has 0 unspecified atom stereocenters. The number of ether oxygens (including phenoxy) is 1. The highest BCUT2D eigenvalue weighted by Crippen LogP contribution is 2.39. The first kappa shape index (κ1) is 16.6. The largest absolute Gasteiger partial charge is 0.378 e. The highest BCUT2D eigenvalue weighted by Gasteiger charge is 2.34. The Hall–Kier alpha value is -1.88. The van der Waals surface area contributed by atoms with Gasteiger partial charge >= 0.3 is 0 Å². The molecular weight excluding hydrogens is 316 g/mol. The van der Waals surface area contributed by atoms with Crippen molar-refractivity contribution in [3.8, 4) is 0 Å². The average Bonchev–Trinajstić information content (AvgIpc) is 3.34. The van der Waals surface area contributed by atoms with Gasteiger partial charge in [0.1, 0.15) is 0 Å². The molecule has 0 spiro atoms. The van der Waals surface area contributed by atoms with E-state index in [1.54, 1.807) is 0 Å². The molecule has 1 aromatic rings. The number of amides is 2. The van der Waals surface area contributed by atoms with E-state index < -0.39 is 0 Å². The number of hydrogen-bond donors (Lipinski definition) is 0. The highest BCUT2D eigenvalue weighted by atomic mass is 16.5. The van der Waals surface area contributed by atoms with Crippen LogP contribution in [0.1, 0.15) is 50.0 Å². The lowest BCUT2D eigenvalue weighted by Crippen LogP contribution is -2.33. The molecule has 0 radical (unpaired) electrons. The minimum Gasteiger partial charge on any atom is -0.378 e. The van der Waals surface area contributed by atoms with Gasteiger partial charge < -0.3 is 14.5 Å². The van der Waals surface area contributed by atoms with Gasteiger partial charge in [-0.25, -0.2) is 0 Å². The van der Waals surface area contributed by atoms with Crippen LogP contribution in [0.3, 0.4) is 0 Å². The monoisotopic (exact) mass is 342 g/mol. The lowest BCUT2D eigenvalue weighted by molar-refractivity contribution is -0.127. The van der Waals surface area contributed by atoms with E-state index in [2.05, 4.69) is 6.07 Å². The fourth-order valence-corrected chi connectivity index (χ4v) is 4.34. The first-order chi connectivity index (χ1) is 12.2. The third-order valence-corrected chi connectivity index (χ3v) is 5.72. The topological polar surface area (TPSA) is 49.9 Å². The Morgan fingerprint density at radius 3 is 2.88 bits per heavy atom. The van der Waals surface area contributed by atoms with Gasteiger partial charge in [-0.15, -0.1) is 0 Å². The van der Waals surface area contributed by atoms with E-state index in [4.69, 9.17) is 4.74 Å². The van der Waals surface area contributed by atoms with E-state index in [1.165, 1.54) is 5.56 Å². The molecule has 25 heavy (non-hydrogen) atoms. The predicted octanol–water partition coefficient (Wildman–Crippen LogP) is 2.70. The fourth-order valence-electron chi connectivity index (χ4n) is 4.34. The molecule has 4 rings (SSSR count). The molecule has 134 valence electrons. The highest BCUT2D eigenvalue weighted by molar-refractivity contribution is 5.96. The van der Waals surface area contributed by atoms with Crippen molar-refractivity contribution in [3.05, 3.63) is 29.8 Å². The fraction of sp³-hybridized carbons (Fsp3) is 0.600. The van der Waals surface area contributed by atoms with Crippen molar-refractivity contribution in [2.24, 2.45) is 0 Å². The summed E-state index contributed by atoms with van der Waals surface area (Å²) in [6.45, 7) is 3.19. The molecule has 0 aromatic heterocycles. The van der Waals surface area contributed by atoms with E-state index in [-0.39, 0.29) is 17.9 Å². The maximum absolute atomic E-state index is 12.8. The molecule has 0 aliphatic carbocycles. The molecular formula is C20H26N2O3. The van der Waals surface area contributed by atoms with E-state index >= 15 is 0 Å². The summed E-state index contributed by atoms with van der Waals surface area (Å²) in [5.41, 5.74) is 2.29. The maximum Gasteiger partial charge on any atom is 0.229 e. The molecule has 5 nitrogen and oxygen atoms in total. The van der Waals surface area contributed by atoms with Gasteiger partial charge in [-0.2, -0.15) is 0 Å². The van der Waals surface area contributed by atoms with Crippen LogP contribution in [0.5, 0.6) is 0 Å². The Kier molecular flexibility index (Phi) is 4.75. The van der Waals surface area contributed by atoms with Gasteiger partial charge in [0.05, 0.1) is 12.5 Å². The van der Waals surface area contributed by atoms with Crippen LogP contribution in [0, 0.1) is 0 Å². The van der Waals surface area contributed by atoms with Gasteiger partial charge in [-0.1, -0.05) is 18.2 Å². The number of nitrogens with zero attached hydrogens (tertiary/aromatic N) is 2. The normalized spacial score (nSPS) is 25.7. The van der Waals surface area contributed by atoms with Crippen LogP contribution in [-0.4, -0.2) is 49.1 Å². The molecule has 2 amide bonds. The van der Waals surface area contributed by atoms with Crippen LogP contribution in [-0.2, 0) is 14.3 Å². The van der Waals surface area contributed by atoms with E-state index in [0.717, 1.165) is 57.6 Å².